The van der Waals surface area contributed by atoms with E-state index in [0.29, 0.717) is 4.47 Å². The molecule has 1 nitrogen and oxygen atoms in total. The molecule has 1 saturated carbocycles. The molecule has 2 rings (SSSR count). The summed E-state index contributed by atoms with van der Waals surface area (Å²) in [6.45, 7) is 0. The molecular weight excluding hydrogens is 257 g/mol. The maximum atomic E-state index is 13.2. The van der Waals surface area contributed by atoms with E-state index in [9.17, 15) is 4.39 Å². The Balaban J connectivity index is 1.99. The number of benzene rings is 1. The van der Waals surface area contributed by atoms with Gasteiger partial charge in [-0.3, -0.25) is 0 Å². The van der Waals surface area contributed by atoms with Crippen LogP contribution in [0.3, 0.4) is 0 Å². The SMILES string of the molecule is NC(Cc1cccc(F)c1Br)CC1CC1. The van der Waals surface area contributed by atoms with E-state index in [-0.39, 0.29) is 11.9 Å². The molecule has 0 spiro atoms. The van der Waals surface area contributed by atoms with Crippen molar-refractivity contribution >= 4 is 15.9 Å². The molecule has 0 aliphatic heterocycles. The predicted molar refractivity (Wildman–Crippen MR) is 63.1 cm³/mol. The van der Waals surface area contributed by atoms with Gasteiger partial charge in [0.25, 0.3) is 0 Å². The first-order valence-electron chi connectivity index (χ1n) is 5.35. The largest absolute Gasteiger partial charge is 0.327 e. The summed E-state index contributed by atoms with van der Waals surface area (Å²) in [6, 6.07) is 5.29. The Morgan fingerprint density at radius 2 is 2.20 bits per heavy atom. The first kappa shape index (κ1) is 11.1. The van der Waals surface area contributed by atoms with Gasteiger partial charge in [-0.05, 0) is 46.3 Å². The third kappa shape index (κ3) is 3.02. The summed E-state index contributed by atoms with van der Waals surface area (Å²) in [6.07, 6.45) is 4.47. The van der Waals surface area contributed by atoms with Crippen LogP contribution in [-0.4, -0.2) is 6.04 Å². The van der Waals surface area contributed by atoms with Crippen LogP contribution in [0.25, 0.3) is 0 Å². The molecule has 1 aromatic rings. The van der Waals surface area contributed by atoms with Crippen molar-refractivity contribution in [3.63, 3.8) is 0 Å². The van der Waals surface area contributed by atoms with Crippen molar-refractivity contribution in [2.45, 2.75) is 31.7 Å². The summed E-state index contributed by atoms with van der Waals surface area (Å²) in [5.74, 6) is 0.624. The number of rotatable bonds is 4. The molecule has 0 bridgehead atoms. The minimum Gasteiger partial charge on any atom is -0.327 e. The monoisotopic (exact) mass is 271 g/mol. The highest BCUT2D eigenvalue weighted by atomic mass is 79.9. The Bertz CT molecular complexity index is 349. The molecule has 15 heavy (non-hydrogen) atoms. The van der Waals surface area contributed by atoms with Crippen LogP contribution in [0.4, 0.5) is 4.39 Å². The van der Waals surface area contributed by atoms with E-state index in [4.69, 9.17) is 5.73 Å². The molecule has 1 unspecified atom stereocenters. The Labute approximate surface area is 98.0 Å². The third-order valence-corrected chi connectivity index (χ3v) is 3.73. The molecule has 0 heterocycles. The van der Waals surface area contributed by atoms with E-state index in [0.717, 1.165) is 24.3 Å². The number of hydrogen-bond acceptors (Lipinski definition) is 1. The zero-order valence-corrected chi connectivity index (χ0v) is 10.1. The van der Waals surface area contributed by atoms with Crippen LogP contribution in [0.1, 0.15) is 24.8 Å². The number of hydrogen-bond donors (Lipinski definition) is 1. The van der Waals surface area contributed by atoms with Crippen LogP contribution < -0.4 is 5.73 Å². The number of halogens is 2. The Morgan fingerprint density at radius 3 is 2.87 bits per heavy atom. The summed E-state index contributed by atoms with van der Waals surface area (Å²) in [4.78, 5) is 0. The van der Waals surface area contributed by atoms with Crippen LogP contribution in [-0.2, 0) is 6.42 Å². The van der Waals surface area contributed by atoms with E-state index in [2.05, 4.69) is 15.9 Å². The second kappa shape index (κ2) is 4.62. The molecule has 82 valence electrons. The van der Waals surface area contributed by atoms with Crippen molar-refractivity contribution in [2.75, 3.05) is 0 Å². The fraction of sp³-hybridized carbons (Fsp3) is 0.500. The smallest absolute Gasteiger partial charge is 0.137 e. The van der Waals surface area contributed by atoms with E-state index in [1.165, 1.54) is 18.9 Å². The minimum absolute atomic E-state index is 0.163. The topological polar surface area (TPSA) is 26.0 Å². The fourth-order valence-corrected chi connectivity index (χ4v) is 2.28. The molecule has 1 aromatic carbocycles. The first-order chi connectivity index (χ1) is 7.16. The van der Waals surface area contributed by atoms with Gasteiger partial charge >= 0.3 is 0 Å². The normalized spacial score (nSPS) is 17.8. The van der Waals surface area contributed by atoms with Crippen LogP contribution in [0.2, 0.25) is 0 Å². The Hall–Kier alpha value is -0.410. The maximum Gasteiger partial charge on any atom is 0.137 e. The third-order valence-electron chi connectivity index (χ3n) is 2.85. The molecule has 1 fully saturated rings. The molecule has 1 aliphatic rings. The van der Waals surface area contributed by atoms with Gasteiger partial charge < -0.3 is 5.73 Å². The van der Waals surface area contributed by atoms with Gasteiger partial charge in [0, 0.05) is 6.04 Å². The fourth-order valence-electron chi connectivity index (χ4n) is 1.85. The van der Waals surface area contributed by atoms with Gasteiger partial charge in [-0.25, -0.2) is 4.39 Å². The predicted octanol–water partition coefficient (Wildman–Crippen LogP) is 3.26. The summed E-state index contributed by atoms with van der Waals surface area (Å²) < 4.78 is 13.8. The van der Waals surface area contributed by atoms with Gasteiger partial charge in [0.1, 0.15) is 5.82 Å². The molecule has 3 heteroatoms. The molecule has 0 amide bonds. The summed E-state index contributed by atoms with van der Waals surface area (Å²) in [5.41, 5.74) is 7.00. The van der Waals surface area contributed by atoms with Gasteiger partial charge in [-0.2, -0.15) is 0 Å². The average Bonchev–Trinajstić information content (AvgIpc) is 2.97. The summed E-state index contributed by atoms with van der Waals surface area (Å²) in [5, 5.41) is 0. The van der Waals surface area contributed by atoms with Crippen molar-refractivity contribution in [1.29, 1.82) is 0 Å². The highest BCUT2D eigenvalue weighted by molar-refractivity contribution is 9.10. The second-order valence-corrected chi connectivity index (χ2v) is 5.15. The van der Waals surface area contributed by atoms with Crippen molar-refractivity contribution in [3.8, 4) is 0 Å². The minimum atomic E-state index is -0.203. The van der Waals surface area contributed by atoms with Crippen molar-refractivity contribution < 1.29 is 4.39 Å². The van der Waals surface area contributed by atoms with Crippen molar-refractivity contribution in [3.05, 3.63) is 34.1 Å². The van der Waals surface area contributed by atoms with Gasteiger partial charge in [0.05, 0.1) is 4.47 Å². The lowest BCUT2D eigenvalue weighted by molar-refractivity contribution is 0.561. The van der Waals surface area contributed by atoms with Crippen LogP contribution in [0.15, 0.2) is 22.7 Å². The second-order valence-electron chi connectivity index (χ2n) is 4.36. The molecule has 1 aliphatic carbocycles. The molecule has 0 aromatic heterocycles. The molecule has 1 atom stereocenters. The van der Waals surface area contributed by atoms with E-state index in [1.54, 1.807) is 6.07 Å². The van der Waals surface area contributed by atoms with Crippen molar-refractivity contribution in [2.24, 2.45) is 11.7 Å². The van der Waals surface area contributed by atoms with Gasteiger partial charge in [0.2, 0.25) is 0 Å². The van der Waals surface area contributed by atoms with Crippen LogP contribution >= 0.6 is 15.9 Å². The summed E-state index contributed by atoms with van der Waals surface area (Å²) >= 11 is 3.26. The lowest BCUT2D eigenvalue weighted by Gasteiger charge is -2.12. The average molecular weight is 272 g/mol. The zero-order valence-electron chi connectivity index (χ0n) is 8.55. The zero-order chi connectivity index (χ0) is 10.8. The molecular formula is C12H15BrFN. The van der Waals surface area contributed by atoms with Gasteiger partial charge in [-0.1, -0.05) is 25.0 Å². The highest BCUT2D eigenvalue weighted by Gasteiger charge is 2.24. The van der Waals surface area contributed by atoms with Gasteiger partial charge in [-0.15, -0.1) is 0 Å². The molecule has 0 radical (unpaired) electrons. The van der Waals surface area contributed by atoms with Crippen LogP contribution in [0, 0.1) is 11.7 Å². The highest BCUT2D eigenvalue weighted by Crippen LogP contribution is 2.34. The standard InChI is InChI=1S/C12H15BrFN/c13-12-9(2-1-3-11(12)14)7-10(15)6-8-4-5-8/h1-3,8,10H,4-7,15H2. The van der Waals surface area contributed by atoms with E-state index in [1.807, 2.05) is 6.07 Å². The van der Waals surface area contributed by atoms with Crippen molar-refractivity contribution in [1.82, 2.24) is 0 Å². The van der Waals surface area contributed by atoms with Crippen LogP contribution in [0.5, 0.6) is 0 Å². The number of nitrogens with two attached hydrogens (primary N) is 1. The first-order valence-corrected chi connectivity index (χ1v) is 6.14. The van der Waals surface area contributed by atoms with E-state index >= 15 is 0 Å². The molecule has 0 saturated heterocycles. The lowest BCUT2D eigenvalue weighted by Crippen LogP contribution is -2.23. The van der Waals surface area contributed by atoms with Gasteiger partial charge in [0.15, 0.2) is 0 Å². The Kier molecular flexibility index (Phi) is 3.42. The summed E-state index contributed by atoms with van der Waals surface area (Å²) in [7, 11) is 0. The van der Waals surface area contributed by atoms with E-state index < -0.39 is 0 Å². The maximum absolute atomic E-state index is 13.2. The Morgan fingerprint density at radius 1 is 1.47 bits per heavy atom. The molecule has 2 N–H and O–H groups in total. The quantitative estimate of drug-likeness (QED) is 0.894. The lowest BCUT2D eigenvalue weighted by atomic mass is 10.0.